The first-order valence-corrected chi connectivity index (χ1v) is 8.37. The molecule has 0 aliphatic rings. The van der Waals surface area contributed by atoms with Crippen LogP contribution in [0.3, 0.4) is 0 Å². The van der Waals surface area contributed by atoms with Crippen LogP contribution < -0.4 is 4.74 Å². The SMILES string of the molecule is COc1cc(C=Cc2cccc(C)c2)c(C(=O)O)c(O)c1CC=C(C)C. The summed E-state index contributed by atoms with van der Waals surface area (Å²) >= 11 is 0. The van der Waals surface area contributed by atoms with E-state index in [0.29, 0.717) is 23.3 Å². The van der Waals surface area contributed by atoms with Gasteiger partial charge >= 0.3 is 5.97 Å². The van der Waals surface area contributed by atoms with Crippen molar-refractivity contribution in [3.8, 4) is 11.5 Å². The molecule has 0 aliphatic heterocycles. The molecule has 2 N–H and O–H groups in total. The maximum Gasteiger partial charge on any atom is 0.340 e. The number of carboxylic acids is 1. The van der Waals surface area contributed by atoms with Gasteiger partial charge in [0.15, 0.2) is 0 Å². The number of hydrogen-bond acceptors (Lipinski definition) is 3. The van der Waals surface area contributed by atoms with Crippen LogP contribution >= 0.6 is 0 Å². The Morgan fingerprint density at radius 1 is 1.19 bits per heavy atom. The molecule has 0 saturated heterocycles. The van der Waals surface area contributed by atoms with Crippen molar-refractivity contribution < 1.29 is 19.7 Å². The third-order valence-corrected chi connectivity index (χ3v) is 4.04. The highest BCUT2D eigenvalue weighted by atomic mass is 16.5. The molecular weight excluding hydrogens is 328 g/mol. The fraction of sp³-hybridized carbons (Fsp3) is 0.227. The van der Waals surface area contributed by atoms with Crippen LogP contribution in [0.4, 0.5) is 0 Å². The van der Waals surface area contributed by atoms with Gasteiger partial charge in [0.2, 0.25) is 0 Å². The van der Waals surface area contributed by atoms with Crippen LogP contribution in [-0.2, 0) is 6.42 Å². The minimum absolute atomic E-state index is 0.119. The van der Waals surface area contributed by atoms with Crippen LogP contribution in [-0.4, -0.2) is 23.3 Å². The lowest BCUT2D eigenvalue weighted by molar-refractivity contribution is 0.0693. The van der Waals surface area contributed by atoms with E-state index in [9.17, 15) is 15.0 Å². The molecule has 4 heteroatoms. The minimum Gasteiger partial charge on any atom is -0.507 e. The zero-order valence-electron chi connectivity index (χ0n) is 15.5. The average molecular weight is 352 g/mol. The molecule has 0 amide bonds. The van der Waals surface area contributed by atoms with Gasteiger partial charge in [0, 0.05) is 5.56 Å². The molecule has 4 nitrogen and oxygen atoms in total. The van der Waals surface area contributed by atoms with Crippen LogP contribution in [0.2, 0.25) is 0 Å². The summed E-state index contributed by atoms with van der Waals surface area (Å²) in [5.41, 5.74) is 3.89. The van der Waals surface area contributed by atoms with Crippen molar-refractivity contribution in [1.82, 2.24) is 0 Å². The summed E-state index contributed by atoms with van der Waals surface area (Å²) in [6.07, 6.45) is 5.83. The number of aromatic hydroxyl groups is 1. The summed E-state index contributed by atoms with van der Waals surface area (Å²) in [5.74, 6) is -0.959. The van der Waals surface area contributed by atoms with Crippen LogP contribution in [0.5, 0.6) is 11.5 Å². The molecule has 2 aromatic rings. The van der Waals surface area contributed by atoms with Crippen molar-refractivity contribution in [2.45, 2.75) is 27.2 Å². The van der Waals surface area contributed by atoms with Crippen molar-refractivity contribution in [3.63, 3.8) is 0 Å². The summed E-state index contributed by atoms with van der Waals surface area (Å²) in [5, 5.41) is 20.2. The first-order chi connectivity index (χ1) is 12.3. The van der Waals surface area contributed by atoms with Crippen LogP contribution in [0.25, 0.3) is 12.2 Å². The molecule has 2 rings (SSSR count). The van der Waals surface area contributed by atoms with Gasteiger partial charge in [-0.15, -0.1) is 0 Å². The normalized spacial score (nSPS) is 10.8. The van der Waals surface area contributed by atoms with E-state index in [4.69, 9.17) is 4.74 Å². The lowest BCUT2D eigenvalue weighted by Crippen LogP contribution is -2.04. The van der Waals surface area contributed by atoms with E-state index < -0.39 is 5.97 Å². The zero-order valence-corrected chi connectivity index (χ0v) is 15.5. The molecule has 0 aromatic heterocycles. The molecule has 0 bridgehead atoms. The topological polar surface area (TPSA) is 66.8 Å². The Bertz CT molecular complexity index is 872. The Morgan fingerprint density at radius 2 is 1.92 bits per heavy atom. The lowest BCUT2D eigenvalue weighted by Gasteiger charge is -2.14. The summed E-state index contributed by atoms with van der Waals surface area (Å²) in [4.78, 5) is 11.7. The minimum atomic E-state index is -1.17. The highest BCUT2D eigenvalue weighted by Gasteiger charge is 2.21. The van der Waals surface area contributed by atoms with Gasteiger partial charge in [-0.25, -0.2) is 4.79 Å². The third-order valence-electron chi connectivity index (χ3n) is 4.04. The van der Waals surface area contributed by atoms with Gasteiger partial charge in [-0.2, -0.15) is 0 Å². The van der Waals surface area contributed by atoms with Crippen molar-refractivity contribution in [2.75, 3.05) is 7.11 Å². The molecule has 0 atom stereocenters. The van der Waals surface area contributed by atoms with Gasteiger partial charge in [0.25, 0.3) is 0 Å². The second kappa shape index (κ2) is 8.39. The lowest BCUT2D eigenvalue weighted by atomic mass is 9.97. The molecule has 26 heavy (non-hydrogen) atoms. The second-order valence-corrected chi connectivity index (χ2v) is 6.41. The molecule has 136 valence electrons. The molecule has 0 aliphatic carbocycles. The van der Waals surface area contributed by atoms with Gasteiger partial charge in [-0.05, 0) is 44.4 Å². The number of methoxy groups -OCH3 is 1. The van der Waals surface area contributed by atoms with Gasteiger partial charge in [0.05, 0.1) is 7.11 Å². The summed E-state index contributed by atoms with van der Waals surface area (Å²) in [7, 11) is 1.51. The molecule has 0 saturated carbocycles. The largest absolute Gasteiger partial charge is 0.507 e. The highest BCUT2D eigenvalue weighted by Crippen LogP contribution is 2.36. The van der Waals surface area contributed by atoms with Gasteiger partial charge in [-0.3, -0.25) is 0 Å². The number of aromatic carboxylic acids is 1. The number of benzene rings is 2. The predicted molar refractivity (Wildman–Crippen MR) is 105 cm³/mol. The van der Waals surface area contributed by atoms with Crippen LogP contribution in [0.15, 0.2) is 42.0 Å². The standard InChI is InChI=1S/C22H24O4/c1-14(2)8-11-18-19(26-4)13-17(20(21(18)23)22(24)25)10-9-16-7-5-6-15(3)12-16/h5-10,12-13,23H,11H2,1-4H3,(H,24,25). The molecular formula is C22H24O4. The Morgan fingerprint density at radius 3 is 2.50 bits per heavy atom. The maximum atomic E-state index is 11.7. The maximum absolute atomic E-state index is 11.7. The van der Waals surface area contributed by atoms with E-state index in [1.807, 2.05) is 57.2 Å². The van der Waals surface area contributed by atoms with Crippen molar-refractivity contribution in [2.24, 2.45) is 0 Å². The monoisotopic (exact) mass is 352 g/mol. The predicted octanol–water partition coefficient (Wildman–Crippen LogP) is 5.09. The number of phenols is 1. The van der Waals surface area contributed by atoms with Crippen molar-refractivity contribution >= 4 is 18.1 Å². The fourth-order valence-corrected chi connectivity index (χ4v) is 2.71. The van der Waals surface area contributed by atoms with E-state index in [1.165, 1.54) is 7.11 Å². The Balaban J connectivity index is 2.56. The van der Waals surface area contributed by atoms with E-state index in [2.05, 4.69) is 0 Å². The smallest absolute Gasteiger partial charge is 0.340 e. The average Bonchev–Trinajstić information content (AvgIpc) is 2.57. The number of aryl methyl sites for hydroxylation is 1. The summed E-state index contributed by atoms with van der Waals surface area (Å²) < 4.78 is 5.39. The highest BCUT2D eigenvalue weighted by molar-refractivity contribution is 5.97. The van der Waals surface area contributed by atoms with E-state index in [0.717, 1.165) is 16.7 Å². The molecule has 0 radical (unpaired) electrons. The van der Waals surface area contributed by atoms with E-state index >= 15 is 0 Å². The Labute approximate surface area is 154 Å². The third kappa shape index (κ3) is 4.54. The first kappa shape index (κ1) is 19.3. The van der Waals surface area contributed by atoms with Crippen LogP contribution in [0.1, 0.15) is 46.5 Å². The number of allylic oxidation sites excluding steroid dienone is 2. The van der Waals surface area contributed by atoms with Crippen LogP contribution in [0, 0.1) is 6.92 Å². The Hall–Kier alpha value is -3.01. The molecule has 0 fully saturated rings. The van der Waals surface area contributed by atoms with Gasteiger partial charge < -0.3 is 14.9 Å². The number of rotatable bonds is 6. The van der Waals surface area contributed by atoms with Gasteiger partial charge in [-0.1, -0.05) is 53.6 Å². The van der Waals surface area contributed by atoms with Gasteiger partial charge in [0.1, 0.15) is 17.1 Å². The van der Waals surface area contributed by atoms with E-state index in [-0.39, 0.29) is 11.3 Å². The molecule has 2 aromatic carbocycles. The second-order valence-electron chi connectivity index (χ2n) is 6.41. The summed E-state index contributed by atoms with van der Waals surface area (Å²) in [6, 6.07) is 9.52. The molecule has 0 heterocycles. The number of hydrogen-bond donors (Lipinski definition) is 2. The van der Waals surface area contributed by atoms with E-state index in [1.54, 1.807) is 12.1 Å². The molecule has 0 spiro atoms. The number of carboxylic acid groups (broad SMARTS) is 1. The van der Waals surface area contributed by atoms with Crippen molar-refractivity contribution in [3.05, 3.63) is 69.8 Å². The zero-order chi connectivity index (χ0) is 19.3. The number of carbonyl (C=O) groups is 1. The Kier molecular flexibility index (Phi) is 6.23. The quantitative estimate of drug-likeness (QED) is 0.561. The van der Waals surface area contributed by atoms with Crippen molar-refractivity contribution in [1.29, 1.82) is 0 Å². The number of ether oxygens (including phenoxy) is 1. The molecule has 0 unspecified atom stereocenters. The fourth-order valence-electron chi connectivity index (χ4n) is 2.71. The first-order valence-electron chi connectivity index (χ1n) is 8.37. The summed E-state index contributed by atoms with van der Waals surface area (Å²) in [6.45, 7) is 5.88.